The molecule has 106 valence electrons. The molecule has 0 saturated carbocycles. The molecule has 5 N–H and O–H groups in total. The van der Waals surface area contributed by atoms with Gasteiger partial charge in [-0.1, -0.05) is 18.5 Å². The summed E-state index contributed by atoms with van der Waals surface area (Å²) in [5.74, 6) is 5.90. The van der Waals surface area contributed by atoms with Crippen LogP contribution in [0.4, 0.5) is 11.8 Å². The molecule has 0 fully saturated rings. The zero-order valence-corrected chi connectivity index (χ0v) is 11.8. The fourth-order valence-corrected chi connectivity index (χ4v) is 1.46. The normalized spacial score (nSPS) is 11.8. The number of nitrogen functional groups attached to an aromatic ring is 1. The van der Waals surface area contributed by atoms with Gasteiger partial charge in [0.2, 0.25) is 11.9 Å². The van der Waals surface area contributed by atoms with Crippen molar-refractivity contribution < 1.29 is 4.79 Å². The highest BCUT2D eigenvalue weighted by molar-refractivity contribution is 6.32. The Hall–Kier alpha value is -1.60. The van der Waals surface area contributed by atoms with Crippen molar-refractivity contribution in [3.05, 3.63) is 11.2 Å². The maximum absolute atomic E-state index is 11.6. The largest absolute Gasteiger partial charge is 0.368 e. The fraction of sp³-hybridized carbons (Fsp3) is 0.545. The summed E-state index contributed by atoms with van der Waals surface area (Å²) in [6, 6.07) is 0.184. The lowest BCUT2D eigenvalue weighted by Crippen LogP contribution is -2.33. The maximum Gasteiger partial charge on any atom is 0.239 e. The number of hydrogen-bond acceptors (Lipinski definition) is 6. The van der Waals surface area contributed by atoms with Gasteiger partial charge < -0.3 is 10.6 Å². The van der Waals surface area contributed by atoms with Gasteiger partial charge in [0.05, 0.1) is 6.20 Å². The molecule has 1 heterocycles. The van der Waals surface area contributed by atoms with E-state index in [4.69, 9.17) is 17.4 Å². The molecule has 1 amide bonds. The van der Waals surface area contributed by atoms with Gasteiger partial charge in [0, 0.05) is 19.0 Å². The number of carbonyl (C=O) groups excluding carboxylic acids is 1. The molecule has 0 spiro atoms. The number of nitrogens with two attached hydrogens (primary N) is 1. The Bertz CT molecular complexity index is 428. The lowest BCUT2D eigenvalue weighted by atomic mass is 10.2. The number of amides is 1. The zero-order valence-electron chi connectivity index (χ0n) is 11.0. The molecule has 0 radical (unpaired) electrons. The van der Waals surface area contributed by atoms with Crippen molar-refractivity contribution in [3.63, 3.8) is 0 Å². The van der Waals surface area contributed by atoms with Gasteiger partial charge in [0.25, 0.3) is 0 Å². The minimum absolute atomic E-state index is 0.01000. The van der Waals surface area contributed by atoms with Crippen LogP contribution in [0.1, 0.15) is 26.7 Å². The van der Waals surface area contributed by atoms with E-state index >= 15 is 0 Å². The number of hydrogen-bond donors (Lipinski definition) is 4. The van der Waals surface area contributed by atoms with Crippen molar-refractivity contribution in [2.24, 2.45) is 5.84 Å². The fourth-order valence-electron chi connectivity index (χ4n) is 1.30. The Kier molecular flexibility index (Phi) is 6.31. The third-order valence-corrected chi connectivity index (χ3v) is 2.81. The molecule has 8 heteroatoms. The molecular formula is C11H19ClN6O. The Balaban J connectivity index is 2.42. The first kappa shape index (κ1) is 15.5. The highest BCUT2D eigenvalue weighted by Gasteiger charge is 2.07. The van der Waals surface area contributed by atoms with Gasteiger partial charge in [-0.3, -0.25) is 10.2 Å². The van der Waals surface area contributed by atoms with Crippen LogP contribution in [0, 0.1) is 0 Å². The molecular weight excluding hydrogens is 268 g/mol. The van der Waals surface area contributed by atoms with Crippen LogP contribution < -0.4 is 21.9 Å². The lowest BCUT2D eigenvalue weighted by molar-refractivity contribution is -0.121. The number of aromatic nitrogens is 2. The van der Waals surface area contributed by atoms with Crippen LogP contribution in [0.2, 0.25) is 5.02 Å². The van der Waals surface area contributed by atoms with Crippen molar-refractivity contribution in [1.29, 1.82) is 0 Å². The maximum atomic E-state index is 11.6. The highest BCUT2D eigenvalue weighted by Crippen LogP contribution is 2.18. The van der Waals surface area contributed by atoms with E-state index < -0.39 is 0 Å². The van der Waals surface area contributed by atoms with E-state index in [0.717, 1.165) is 6.42 Å². The molecule has 0 bridgehead atoms. The second-order valence-corrected chi connectivity index (χ2v) is 4.50. The minimum Gasteiger partial charge on any atom is -0.368 e. The number of nitrogens with one attached hydrogen (secondary N) is 3. The standard InChI is InChI=1S/C11H19ClN6O/c1-3-7(2)16-9(19)4-5-14-10-8(12)6-15-11(17-10)18-13/h6-7H,3-5,13H2,1-2H3,(H,16,19)(H2,14,15,17,18). The van der Waals surface area contributed by atoms with Gasteiger partial charge >= 0.3 is 0 Å². The predicted octanol–water partition coefficient (Wildman–Crippen LogP) is 1.13. The monoisotopic (exact) mass is 286 g/mol. The smallest absolute Gasteiger partial charge is 0.239 e. The summed E-state index contributed by atoms with van der Waals surface area (Å²) >= 11 is 5.92. The SMILES string of the molecule is CCC(C)NC(=O)CCNc1nc(NN)ncc1Cl. The van der Waals surface area contributed by atoms with E-state index in [1.807, 2.05) is 13.8 Å². The number of halogens is 1. The summed E-state index contributed by atoms with van der Waals surface area (Å²) in [6.45, 7) is 4.42. The molecule has 7 nitrogen and oxygen atoms in total. The zero-order chi connectivity index (χ0) is 14.3. The average Bonchev–Trinajstić information content (AvgIpc) is 2.40. The van der Waals surface area contributed by atoms with Crippen LogP contribution in [-0.4, -0.2) is 28.5 Å². The first-order valence-corrected chi connectivity index (χ1v) is 6.47. The summed E-state index contributed by atoms with van der Waals surface area (Å²) in [6.07, 6.45) is 2.68. The Morgan fingerprint density at radius 2 is 2.32 bits per heavy atom. The summed E-state index contributed by atoms with van der Waals surface area (Å²) in [5, 5.41) is 6.22. The average molecular weight is 287 g/mol. The van der Waals surface area contributed by atoms with Crippen LogP contribution >= 0.6 is 11.6 Å². The third-order valence-electron chi connectivity index (χ3n) is 2.54. The van der Waals surface area contributed by atoms with Gasteiger partial charge in [-0.15, -0.1) is 0 Å². The van der Waals surface area contributed by atoms with E-state index in [9.17, 15) is 4.79 Å². The van der Waals surface area contributed by atoms with E-state index in [2.05, 4.69) is 26.0 Å². The van der Waals surface area contributed by atoms with Gasteiger partial charge in [-0.05, 0) is 13.3 Å². The number of carbonyl (C=O) groups is 1. The lowest BCUT2D eigenvalue weighted by Gasteiger charge is -2.12. The van der Waals surface area contributed by atoms with Crippen LogP contribution in [0.25, 0.3) is 0 Å². The quantitative estimate of drug-likeness (QED) is 0.442. The van der Waals surface area contributed by atoms with Crippen LogP contribution in [0.5, 0.6) is 0 Å². The number of hydrazine groups is 1. The predicted molar refractivity (Wildman–Crippen MR) is 75.9 cm³/mol. The molecule has 0 aliphatic carbocycles. The summed E-state index contributed by atoms with van der Waals surface area (Å²) in [4.78, 5) is 19.5. The van der Waals surface area contributed by atoms with Crippen molar-refractivity contribution in [1.82, 2.24) is 15.3 Å². The molecule has 19 heavy (non-hydrogen) atoms. The molecule has 1 unspecified atom stereocenters. The topological polar surface area (TPSA) is 105 Å². The molecule has 0 aromatic carbocycles. The molecule has 0 aliphatic rings. The number of rotatable bonds is 7. The van der Waals surface area contributed by atoms with Crippen molar-refractivity contribution >= 4 is 29.3 Å². The van der Waals surface area contributed by atoms with E-state index in [0.29, 0.717) is 23.8 Å². The van der Waals surface area contributed by atoms with Crippen LogP contribution in [0.15, 0.2) is 6.20 Å². The first-order valence-electron chi connectivity index (χ1n) is 6.09. The third kappa shape index (κ3) is 5.27. The highest BCUT2D eigenvalue weighted by atomic mass is 35.5. The molecule has 1 atom stereocenters. The second-order valence-electron chi connectivity index (χ2n) is 4.09. The van der Waals surface area contributed by atoms with Crippen molar-refractivity contribution in [3.8, 4) is 0 Å². The molecule has 1 aromatic rings. The minimum atomic E-state index is -0.01000. The van der Waals surface area contributed by atoms with Gasteiger partial charge in [0.1, 0.15) is 5.02 Å². The second kappa shape index (κ2) is 7.75. The van der Waals surface area contributed by atoms with Gasteiger partial charge in [-0.25, -0.2) is 10.8 Å². The molecule has 0 saturated heterocycles. The van der Waals surface area contributed by atoms with Crippen LogP contribution in [-0.2, 0) is 4.79 Å². The number of nitrogens with zero attached hydrogens (tertiary/aromatic N) is 2. The first-order chi connectivity index (χ1) is 9.06. The molecule has 1 rings (SSSR count). The van der Waals surface area contributed by atoms with E-state index in [1.165, 1.54) is 6.20 Å². The number of anilines is 2. The van der Waals surface area contributed by atoms with Crippen molar-refractivity contribution in [2.75, 3.05) is 17.3 Å². The summed E-state index contributed by atoms with van der Waals surface area (Å²) < 4.78 is 0. The summed E-state index contributed by atoms with van der Waals surface area (Å²) in [5.41, 5.74) is 2.33. The molecule has 1 aromatic heterocycles. The van der Waals surface area contributed by atoms with Crippen LogP contribution in [0.3, 0.4) is 0 Å². The Morgan fingerprint density at radius 3 is 2.95 bits per heavy atom. The Labute approximate surface area is 117 Å². The van der Waals surface area contributed by atoms with E-state index in [-0.39, 0.29) is 17.9 Å². The van der Waals surface area contributed by atoms with Gasteiger partial charge in [-0.2, -0.15) is 4.98 Å². The van der Waals surface area contributed by atoms with Crippen molar-refractivity contribution in [2.45, 2.75) is 32.7 Å². The Morgan fingerprint density at radius 1 is 1.58 bits per heavy atom. The summed E-state index contributed by atoms with van der Waals surface area (Å²) in [7, 11) is 0. The molecule has 0 aliphatic heterocycles. The van der Waals surface area contributed by atoms with E-state index in [1.54, 1.807) is 0 Å². The van der Waals surface area contributed by atoms with Gasteiger partial charge in [0.15, 0.2) is 5.82 Å².